The number of halogens is 3. The highest BCUT2D eigenvalue weighted by atomic mass is 19.4. The molecule has 0 spiro atoms. The Morgan fingerprint density at radius 1 is 1.47 bits per heavy atom. The fourth-order valence-corrected chi connectivity index (χ4v) is 0.985. The molecule has 0 aromatic carbocycles. The number of hydrogen-bond donors (Lipinski definition) is 1. The van der Waals surface area contributed by atoms with E-state index in [4.69, 9.17) is 10.5 Å². The highest BCUT2D eigenvalue weighted by Gasteiger charge is 2.27. The fourth-order valence-electron chi connectivity index (χ4n) is 0.985. The number of hydrogen-bond acceptors (Lipinski definition) is 6. The van der Waals surface area contributed by atoms with Crippen molar-refractivity contribution >= 4 is 0 Å². The van der Waals surface area contributed by atoms with Crippen LogP contribution in [0.5, 0.6) is 0 Å². The van der Waals surface area contributed by atoms with Gasteiger partial charge in [0.25, 0.3) is 5.89 Å². The smallest absolute Gasteiger partial charge is 0.383 e. The van der Waals surface area contributed by atoms with Crippen molar-refractivity contribution in [2.45, 2.75) is 18.8 Å². The molecule has 6 nitrogen and oxygen atoms in total. The predicted octanol–water partition coefficient (Wildman–Crippen LogP) is 0.795. The average molecular weight is 255 g/mol. The van der Waals surface area contributed by atoms with E-state index in [1.807, 2.05) is 0 Å². The summed E-state index contributed by atoms with van der Waals surface area (Å²) in [6.45, 7) is -1.59. The molecule has 1 heterocycles. The Labute approximate surface area is 94.9 Å². The topological polar surface area (TPSA) is 83.4 Å². The average Bonchev–Trinajstić information content (AvgIpc) is 2.65. The van der Waals surface area contributed by atoms with E-state index in [0.717, 1.165) is 0 Å². The Bertz CT molecular complexity index is 342. The SMILES string of the molecule is COCC(N)c1noc(COCC(F)(F)F)n1. The molecule has 1 rings (SSSR count). The summed E-state index contributed by atoms with van der Waals surface area (Å²) in [5.74, 6) is 0.105. The normalized spacial score (nSPS) is 13.9. The van der Waals surface area contributed by atoms with Crippen molar-refractivity contribution in [2.75, 3.05) is 20.3 Å². The van der Waals surface area contributed by atoms with Crippen LogP contribution in [0.2, 0.25) is 0 Å². The van der Waals surface area contributed by atoms with Crippen molar-refractivity contribution in [2.24, 2.45) is 5.73 Å². The minimum absolute atomic E-state index is 0.0594. The van der Waals surface area contributed by atoms with E-state index < -0.39 is 25.4 Å². The van der Waals surface area contributed by atoms with Crippen LogP contribution in [0.15, 0.2) is 4.52 Å². The van der Waals surface area contributed by atoms with Gasteiger partial charge in [-0.2, -0.15) is 18.2 Å². The first-order chi connectivity index (χ1) is 7.92. The van der Waals surface area contributed by atoms with E-state index in [2.05, 4.69) is 19.4 Å². The van der Waals surface area contributed by atoms with E-state index >= 15 is 0 Å². The highest BCUT2D eigenvalue weighted by Crippen LogP contribution is 2.15. The van der Waals surface area contributed by atoms with Crippen LogP contribution < -0.4 is 5.73 Å². The third kappa shape index (κ3) is 5.11. The van der Waals surface area contributed by atoms with Gasteiger partial charge in [0.2, 0.25) is 0 Å². The number of methoxy groups -OCH3 is 1. The summed E-state index contributed by atoms with van der Waals surface area (Å²) in [6, 6.07) is -0.583. The van der Waals surface area contributed by atoms with Crippen LogP contribution in [-0.2, 0) is 16.1 Å². The molecule has 98 valence electrons. The maximum Gasteiger partial charge on any atom is 0.411 e. The molecule has 0 saturated heterocycles. The first kappa shape index (κ1) is 13.9. The minimum Gasteiger partial charge on any atom is -0.383 e. The van der Waals surface area contributed by atoms with E-state index in [9.17, 15) is 13.2 Å². The molecule has 0 saturated carbocycles. The lowest BCUT2D eigenvalue weighted by molar-refractivity contribution is -0.178. The van der Waals surface area contributed by atoms with Crippen LogP contribution in [0.3, 0.4) is 0 Å². The van der Waals surface area contributed by atoms with Crippen molar-refractivity contribution in [3.63, 3.8) is 0 Å². The Morgan fingerprint density at radius 3 is 2.76 bits per heavy atom. The Hall–Kier alpha value is -1.19. The quantitative estimate of drug-likeness (QED) is 0.809. The summed E-state index contributed by atoms with van der Waals surface area (Å²) in [6.07, 6.45) is -4.38. The molecule has 9 heteroatoms. The summed E-state index contributed by atoms with van der Waals surface area (Å²) < 4.78 is 49.1. The number of alkyl halides is 3. The van der Waals surface area contributed by atoms with Gasteiger partial charge in [0.1, 0.15) is 13.2 Å². The zero-order chi connectivity index (χ0) is 12.9. The van der Waals surface area contributed by atoms with Crippen molar-refractivity contribution in [3.05, 3.63) is 11.7 Å². The monoisotopic (exact) mass is 255 g/mol. The van der Waals surface area contributed by atoms with Crippen molar-refractivity contribution < 1.29 is 27.2 Å². The third-order valence-corrected chi connectivity index (χ3v) is 1.65. The molecular weight excluding hydrogens is 243 g/mol. The maximum absolute atomic E-state index is 11.8. The molecule has 1 unspecified atom stereocenters. The third-order valence-electron chi connectivity index (χ3n) is 1.65. The van der Waals surface area contributed by atoms with Gasteiger partial charge in [0, 0.05) is 7.11 Å². The summed E-state index contributed by atoms with van der Waals surface area (Å²) in [5.41, 5.74) is 5.59. The molecule has 0 radical (unpaired) electrons. The van der Waals surface area contributed by atoms with Gasteiger partial charge in [-0.25, -0.2) is 0 Å². The lowest BCUT2D eigenvalue weighted by Gasteiger charge is -2.05. The molecule has 2 N–H and O–H groups in total. The maximum atomic E-state index is 11.8. The van der Waals surface area contributed by atoms with E-state index in [-0.39, 0.29) is 18.3 Å². The second-order valence-corrected chi connectivity index (χ2v) is 3.22. The first-order valence-electron chi connectivity index (χ1n) is 4.64. The zero-order valence-electron chi connectivity index (χ0n) is 9.03. The predicted molar refractivity (Wildman–Crippen MR) is 48.8 cm³/mol. The fraction of sp³-hybridized carbons (Fsp3) is 0.750. The molecule has 1 atom stereocenters. The molecule has 1 aromatic rings. The first-order valence-corrected chi connectivity index (χ1v) is 4.64. The largest absolute Gasteiger partial charge is 0.411 e. The van der Waals surface area contributed by atoms with Crippen molar-refractivity contribution in [1.29, 1.82) is 0 Å². The molecule has 0 fully saturated rings. The van der Waals surface area contributed by atoms with E-state index in [1.54, 1.807) is 0 Å². The number of aromatic nitrogens is 2. The molecule has 0 aliphatic heterocycles. The van der Waals surface area contributed by atoms with Gasteiger partial charge in [0.15, 0.2) is 5.82 Å². The molecule has 0 aliphatic rings. The molecule has 1 aromatic heterocycles. The Morgan fingerprint density at radius 2 is 2.18 bits per heavy atom. The number of nitrogens with two attached hydrogens (primary N) is 1. The Balaban J connectivity index is 2.40. The van der Waals surface area contributed by atoms with E-state index in [1.165, 1.54) is 7.11 Å². The van der Waals surface area contributed by atoms with Crippen LogP contribution in [0.1, 0.15) is 17.8 Å². The summed E-state index contributed by atoms with van der Waals surface area (Å²) in [5, 5.41) is 3.50. The second kappa shape index (κ2) is 5.94. The van der Waals surface area contributed by atoms with Crippen LogP contribution in [0, 0.1) is 0 Å². The van der Waals surface area contributed by atoms with Gasteiger partial charge in [-0.05, 0) is 0 Å². The summed E-state index contributed by atoms with van der Waals surface area (Å²) in [7, 11) is 1.45. The van der Waals surface area contributed by atoms with Gasteiger partial charge in [0.05, 0.1) is 12.6 Å². The standard InChI is InChI=1S/C8H12F3N3O3/c1-15-2-5(12)7-13-6(17-14-7)3-16-4-8(9,10)11/h5H,2-4,12H2,1H3. The van der Waals surface area contributed by atoms with Crippen LogP contribution in [0.4, 0.5) is 13.2 Å². The molecular formula is C8H12F3N3O3. The van der Waals surface area contributed by atoms with Crippen LogP contribution >= 0.6 is 0 Å². The van der Waals surface area contributed by atoms with Crippen molar-refractivity contribution in [1.82, 2.24) is 10.1 Å². The van der Waals surface area contributed by atoms with Crippen LogP contribution in [0.25, 0.3) is 0 Å². The summed E-state index contributed by atoms with van der Waals surface area (Å²) >= 11 is 0. The molecule has 0 bridgehead atoms. The second-order valence-electron chi connectivity index (χ2n) is 3.22. The van der Waals surface area contributed by atoms with Gasteiger partial charge < -0.3 is 19.7 Å². The minimum atomic E-state index is -4.38. The number of nitrogens with zero attached hydrogens (tertiary/aromatic N) is 2. The molecule has 0 amide bonds. The van der Waals surface area contributed by atoms with E-state index in [0.29, 0.717) is 0 Å². The van der Waals surface area contributed by atoms with Gasteiger partial charge in [-0.15, -0.1) is 0 Å². The van der Waals surface area contributed by atoms with Gasteiger partial charge >= 0.3 is 6.18 Å². The van der Waals surface area contributed by atoms with Crippen LogP contribution in [-0.4, -0.2) is 36.6 Å². The molecule has 17 heavy (non-hydrogen) atoms. The lowest BCUT2D eigenvalue weighted by Crippen LogP contribution is -2.18. The highest BCUT2D eigenvalue weighted by molar-refractivity contribution is 4.92. The van der Waals surface area contributed by atoms with Crippen molar-refractivity contribution in [3.8, 4) is 0 Å². The lowest BCUT2D eigenvalue weighted by atomic mass is 10.3. The molecule has 0 aliphatic carbocycles. The zero-order valence-corrected chi connectivity index (χ0v) is 9.03. The number of rotatable bonds is 6. The number of ether oxygens (including phenoxy) is 2. The van der Waals surface area contributed by atoms with Gasteiger partial charge in [-0.3, -0.25) is 0 Å². The Kier molecular flexibility index (Phi) is 4.85. The van der Waals surface area contributed by atoms with Gasteiger partial charge in [-0.1, -0.05) is 5.16 Å². The summed E-state index contributed by atoms with van der Waals surface area (Å²) in [4.78, 5) is 3.77.